The normalized spacial score (nSPS) is 25.4. The molecular formula is C10H19NO. The van der Waals surface area contributed by atoms with E-state index in [0.717, 1.165) is 13.0 Å². The van der Waals surface area contributed by atoms with Crippen LogP contribution >= 0.6 is 0 Å². The summed E-state index contributed by atoms with van der Waals surface area (Å²) in [5, 5.41) is 3.42. The third-order valence-electron chi connectivity index (χ3n) is 3.09. The average molecular weight is 169 g/mol. The highest BCUT2D eigenvalue weighted by molar-refractivity contribution is 5.82. The van der Waals surface area contributed by atoms with Crippen LogP contribution in [0.4, 0.5) is 0 Å². The van der Waals surface area contributed by atoms with E-state index in [0.29, 0.717) is 11.8 Å². The molecule has 0 aliphatic carbocycles. The summed E-state index contributed by atoms with van der Waals surface area (Å²) < 4.78 is 0. The zero-order chi connectivity index (χ0) is 9.19. The molecule has 1 N–H and O–H groups in total. The molecule has 0 aromatic rings. The van der Waals surface area contributed by atoms with E-state index in [1.165, 1.54) is 12.8 Å². The van der Waals surface area contributed by atoms with Crippen LogP contribution in [0.25, 0.3) is 0 Å². The Balaban J connectivity index is 2.59. The molecule has 0 bridgehead atoms. The first-order valence-electron chi connectivity index (χ1n) is 4.79. The summed E-state index contributed by atoms with van der Waals surface area (Å²) >= 11 is 0. The standard InChI is InChI=1S/C10H19NO/c1-8(12)10(2,3)9-6-4-5-7-11-9/h9,11H,4-7H2,1-3H3. The monoisotopic (exact) mass is 169 g/mol. The Bertz CT molecular complexity index is 169. The van der Waals surface area contributed by atoms with Gasteiger partial charge in [-0.1, -0.05) is 20.3 Å². The van der Waals surface area contributed by atoms with E-state index < -0.39 is 0 Å². The van der Waals surface area contributed by atoms with Crippen LogP contribution in [-0.2, 0) is 4.79 Å². The number of ketones is 1. The van der Waals surface area contributed by atoms with Crippen LogP contribution in [0, 0.1) is 5.41 Å². The molecule has 2 nitrogen and oxygen atoms in total. The highest BCUT2D eigenvalue weighted by Crippen LogP contribution is 2.27. The molecule has 1 unspecified atom stereocenters. The molecule has 0 spiro atoms. The molecule has 0 saturated carbocycles. The van der Waals surface area contributed by atoms with Crippen molar-refractivity contribution in [1.29, 1.82) is 0 Å². The highest BCUT2D eigenvalue weighted by Gasteiger charge is 2.34. The van der Waals surface area contributed by atoms with Gasteiger partial charge in [0, 0.05) is 11.5 Å². The second kappa shape index (κ2) is 3.56. The fourth-order valence-corrected chi connectivity index (χ4v) is 1.71. The third kappa shape index (κ3) is 1.86. The number of rotatable bonds is 2. The molecule has 1 rings (SSSR count). The molecule has 0 aromatic carbocycles. The lowest BCUT2D eigenvalue weighted by atomic mass is 9.77. The molecule has 1 fully saturated rings. The maximum atomic E-state index is 11.3. The molecule has 1 aliphatic rings. The molecule has 1 aliphatic heterocycles. The molecule has 0 radical (unpaired) electrons. The number of hydrogen-bond acceptors (Lipinski definition) is 2. The van der Waals surface area contributed by atoms with E-state index in [-0.39, 0.29) is 5.41 Å². The topological polar surface area (TPSA) is 29.1 Å². The molecule has 1 atom stereocenters. The van der Waals surface area contributed by atoms with Crippen LogP contribution in [-0.4, -0.2) is 18.4 Å². The quantitative estimate of drug-likeness (QED) is 0.682. The van der Waals surface area contributed by atoms with Crippen molar-refractivity contribution in [3.63, 3.8) is 0 Å². The predicted molar refractivity (Wildman–Crippen MR) is 50.1 cm³/mol. The van der Waals surface area contributed by atoms with Gasteiger partial charge in [0.15, 0.2) is 0 Å². The summed E-state index contributed by atoms with van der Waals surface area (Å²) in [5.74, 6) is 0.293. The Kier molecular flexibility index (Phi) is 2.89. The highest BCUT2D eigenvalue weighted by atomic mass is 16.1. The van der Waals surface area contributed by atoms with Gasteiger partial charge in [0.1, 0.15) is 5.78 Å². The van der Waals surface area contributed by atoms with Gasteiger partial charge >= 0.3 is 0 Å². The fraction of sp³-hybridized carbons (Fsp3) is 0.900. The minimum absolute atomic E-state index is 0.180. The number of Topliss-reactive ketones (excluding diaryl/α,β-unsaturated/α-hetero) is 1. The summed E-state index contributed by atoms with van der Waals surface area (Å²) in [6, 6.07) is 0.392. The number of nitrogens with one attached hydrogen (secondary N) is 1. The SMILES string of the molecule is CC(=O)C(C)(C)C1CCCCN1. The van der Waals surface area contributed by atoms with Gasteiger partial charge in [0.05, 0.1) is 0 Å². The minimum atomic E-state index is -0.180. The Labute approximate surface area is 74.7 Å². The average Bonchev–Trinajstić information content (AvgIpc) is 2.06. The lowest BCUT2D eigenvalue weighted by Gasteiger charge is -2.35. The van der Waals surface area contributed by atoms with E-state index in [1.807, 2.05) is 13.8 Å². The molecule has 1 saturated heterocycles. The number of piperidine rings is 1. The minimum Gasteiger partial charge on any atom is -0.313 e. The Morgan fingerprint density at radius 2 is 2.08 bits per heavy atom. The molecule has 0 aromatic heterocycles. The molecular weight excluding hydrogens is 150 g/mol. The van der Waals surface area contributed by atoms with Gasteiger partial charge < -0.3 is 5.32 Å². The number of carbonyl (C=O) groups excluding carboxylic acids is 1. The van der Waals surface area contributed by atoms with Crippen LogP contribution in [0.5, 0.6) is 0 Å². The Hall–Kier alpha value is -0.370. The van der Waals surface area contributed by atoms with Crippen LogP contribution in [0.1, 0.15) is 40.0 Å². The van der Waals surface area contributed by atoms with Crippen LogP contribution < -0.4 is 5.32 Å². The number of carbonyl (C=O) groups is 1. The Morgan fingerprint density at radius 3 is 2.50 bits per heavy atom. The second-order valence-corrected chi connectivity index (χ2v) is 4.28. The Morgan fingerprint density at radius 1 is 1.42 bits per heavy atom. The van der Waals surface area contributed by atoms with Crippen molar-refractivity contribution in [2.45, 2.75) is 46.1 Å². The first kappa shape index (κ1) is 9.72. The van der Waals surface area contributed by atoms with Gasteiger partial charge in [-0.3, -0.25) is 4.79 Å². The molecule has 12 heavy (non-hydrogen) atoms. The van der Waals surface area contributed by atoms with Crippen molar-refractivity contribution in [3.05, 3.63) is 0 Å². The zero-order valence-corrected chi connectivity index (χ0v) is 8.31. The van der Waals surface area contributed by atoms with Crippen molar-refractivity contribution in [2.24, 2.45) is 5.41 Å². The lowest BCUT2D eigenvalue weighted by molar-refractivity contribution is -0.126. The van der Waals surface area contributed by atoms with Crippen molar-refractivity contribution >= 4 is 5.78 Å². The van der Waals surface area contributed by atoms with Gasteiger partial charge in [0.2, 0.25) is 0 Å². The summed E-state index contributed by atoms with van der Waals surface area (Å²) in [4.78, 5) is 11.3. The zero-order valence-electron chi connectivity index (χ0n) is 8.31. The van der Waals surface area contributed by atoms with Gasteiger partial charge in [0.25, 0.3) is 0 Å². The molecule has 2 heteroatoms. The van der Waals surface area contributed by atoms with E-state index in [9.17, 15) is 4.79 Å². The van der Waals surface area contributed by atoms with Crippen LogP contribution in [0.3, 0.4) is 0 Å². The number of hydrogen-bond donors (Lipinski definition) is 1. The van der Waals surface area contributed by atoms with Crippen molar-refractivity contribution in [1.82, 2.24) is 5.32 Å². The van der Waals surface area contributed by atoms with Crippen LogP contribution in [0.15, 0.2) is 0 Å². The molecule has 1 heterocycles. The summed E-state index contributed by atoms with van der Waals surface area (Å²) in [7, 11) is 0. The van der Waals surface area contributed by atoms with E-state index in [4.69, 9.17) is 0 Å². The third-order valence-corrected chi connectivity index (χ3v) is 3.09. The largest absolute Gasteiger partial charge is 0.313 e. The molecule has 0 amide bonds. The first-order valence-corrected chi connectivity index (χ1v) is 4.79. The van der Waals surface area contributed by atoms with Gasteiger partial charge in [-0.2, -0.15) is 0 Å². The maximum absolute atomic E-state index is 11.3. The van der Waals surface area contributed by atoms with E-state index in [1.54, 1.807) is 6.92 Å². The lowest BCUT2D eigenvalue weighted by Crippen LogP contribution is -2.48. The predicted octanol–water partition coefficient (Wildman–Crippen LogP) is 1.74. The van der Waals surface area contributed by atoms with Gasteiger partial charge in [-0.05, 0) is 26.3 Å². The summed E-state index contributed by atoms with van der Waals surface area (Å²) in [5.41, 5.74) is -0.180. The van der Waals surface area contributed by atoms with Crippen LogP contribution in [0.2, 0.25) is 0 Å². The smallest absolute Gasteiger partial charge is 0.136 e. The van der Waals surface area contributed by atoms with E-state index in [2.05, 4.69) is 5.32 Å². The fourth-order valence-electron chi connectivity index (χ4n) is 1.71. The maximum Gasteiger partial charge on any atom is 0.136 e. The second-order valence-electron chi connectivity index (χ2n) is 4.28. The van der Waals surface area contributed by atoms with Gasteiger partial charge in [-0.25, -0.2) is 0 Å². The first-order chi connectivity index (χ1) is 5.55. The summed E-state index contributed by atoms with van der Waals surface area (Å²) in [6.07, 6.45) is 3.66. The van der Waals surface area contributed by atoms with Crippen molar-refractivity contribution in [2.75, 3.05) is 6.54 Å². The van der Waals surface area contributed by atoms with Crippen molar-refractivity contribution in [3.8, 4) is 0 Å². The summed E-state index contributed by atoms with van der Waals surface area (Å²) in [6.45, 7) is 6.84. The van der Waals surface area contributed by atoms with E-state index >= 15 is 0 Å². The van der Waals surface area contributed by atoms with Gasteiger partial charge in [-0.15, -0.1) is 0 Å². The van der Waals surface area contributed by atoms with Crippen molar-refractivity contribution < 1.29 is 4.79 Å². The molecule has 70 valence electrons.